The Balaban J connectivity index is 2.45. The lowest BCUT2D eigenvalue weighted by molar-refractivity contribution is 0.376. The summed E-state index contributed by atoms with van der Waals surface area (Å²) in [6, 6.07) is 0.252. The van der Waals surface area contributed by atoms with E-state index >= 15 is 0 Å². The highest BCUT2D eigenvalue weighted by molar-refractivity contribution is 5.16. The van der Waals surface area contributed by atoms with Crippen molar-refractivity contribution in [3.05, 3.63) is 23.9 Å². The molecule has 0 amide bonds. The number of rotatable bonds is 3. The van der Waals surface area contributed by atoms with Crippen molar-refractivity contribution in [2.24, 2.45) is 5.73 Å². The van der Waals surface area contributed by atoms with E-state index in [0.717, 1.165) is 19.4 Å². The van der Waals surface area contributed by atoms with Crippen LogP contribution in [0.4, 0.5) is 0 Å². The van der Waals surface area contributed by atoms with Crippen molar-refractivity contribution in [2.75, 3.05) is 13.6 Å². The maximum Gasteiger partial charge on any atom is 0.0320 e. The molecule has 0 aromatic carbocycles. The van der Waals surface area contributed by atoms with Gasteiger partial charge in [0.25, 0.3) is 0 Å². The van der Waals surface area contributed by atoms with Gasteiger partial charge < -0.3 is 10.6 Å². The Morgan fingerprint density at radius 1 is 1.67 bits per heavy atom. The van der Waals surface area contributed by atoms with Crippen LogP contribution in [0.5, 0.6) is 0 Å². The van der Waals surface area contributed by atoms with Crippen molar-refractivity contribution >= 4 is 0 Å². The number of nitrogens with zero attached hydrogens (tertiary/aromatic N) is 1. The van der Waals surface area contributed by atoms with Gasteiger partial charge in [-0.1, -0.05) is 12.2 Å². The van der Waals surface area contributed by atoms with Crippen molar-refractivity contribution < 1.29 is 0 Å². The zero-order valence-electron chi connectivity index (χ0n) is 7.96. The number of allylic oxidation sites excluding steroid dienone is 4. The predicted molar refractivity (Wildman–Crippen MR) is 52.7 cm³/mol. The monoisotopic (exact) mass is 166 g/mol. The summed E-state index contributed by atoms with van der Waals surface area (Å²) in [6.45, 7) is 2.98. The molecular formula is C10H18N2. The van der Waals surface area contributed by atoms with E-state index in [4.69, 9.17) is 5.73 Å². The zero-order chi connectivity index (χ0) is 8.97. The molecule has 0 radical (unpaired) electrons. The van der Waals surface area contributed by atoms with Crippen LogP contribution < -0.4 is 5.73 Å². The molecule has 2 heteroatoms. The summed E-state index contributed by atoms with van der Waals surface area (Å²) in [5.74, 6) is 0. The molecule has 0 heterocycles. The lowest BCUT2D eigenvalue weighted by Crippen LogP contribution is -2.32. The molecule has 0 spiro atoms. The van der Waals surface area contributed by atoms with Gasteiger partial charge in [-0.3, -0.25) is 0 Å². The predicted octanol–water partition coefficient (Wildman–Crippen LogP) is 1.50. The average molecular weight is 166 g/mol. The summed E-state index contributed by atoms with van der Waals surface area (Å²) in [5.41, 5.74) is 7.11. The first kappa shape index (κ1) is 9.33. The van der Waals surface area contributed by atoms with Gasteiger partial charge >= 0.3 is 0 Å². The highest BCUT2D eigenvalue weighted by Gasteiger charge is 2.06. The molecule has 1 aliphatic rings. The summed E-state index contributed by atoms with van der Waals surface area (Å²) in [7, 11) is 2.11. The number of hydrogen-bond acceptors (Lipinski definition) is 2. The van der Waals surface area contributed by atoms with Crippen molar-refractivity contribution in [2.45, 2.75) is 25.8 Å². The summed E-state index contributed by atoms with van der Waals surface area (Å²) in [6.07, 6.45) is 8.81. The van der Waals surface area contributed by atoms with Crippen LogP contribution in [0.3, 0.4) is 0 Å². The smallest absolute Gasteiger partial charge is 0.0320 e. The molecule has 0 saturated carbocycles. The number of likely N-dealkylation sites (N-methyl/N-ethyl adjacent to an activating group) is 1. The Morgan fingerprint density at radius 3 is 2.92 bits per heavy atom. The molecule has 1 aliphatic carbocycles. The van der Waals surface area contributed by atoms with E-state index < -0.39 is 0 Å². The molecular weight excluding hydrogens is 148 g/mol. The van der Waals surface area contributed by atoms with E-state index in [1.807, 2.05) is 6.92 Å². The van der Waals surface area contributed by atoms with Gasteiger partial charge in [-0.05, 0) is 25.8 Å². The molecule has 0 unspecified atom stereocenters. The Bertz CT molecular complexity index is 192. The van der Waals surface area contributed by atoms with Crippen molar-refractivity contribution in [1.82, 2.24) is 4.90 Å². The highest BCUT2D eigenvalue weighted by atomic mass is 15.1. The first-order valence-electron chi connectivity index (χ1n) is 4.52. The normalized spacial score (nSPS) is 18.8. The molecule has 0 bridgehead atoms. The second kappa shape index (κ2) is 4.31. The molecule has 1 rings (SSSR count). The van der Waals surface area contributed by atoms with E-state index in [0.29, 0.717) is 0 Å². The second-order valence-electron chi connectivity index (χ2n) is 3.48. The molecule has 2 nitrogen and oxygen atoms in total. The number of hydrogen-bond donors (Lipinski definition) is 1. The second-order valence-corrected chi connectivity index (χ2v) is 3.48. The van der Waals surface area contributed by atoms with Gasteiger partial charge in [0.15, 0.2) is 0 Å². The fraction of sp³-hybridized carbons (Fsp3) is 0.600. The molecule has 1 atom stereocenters. The topological polar surface area (TPSA) is 29.3 Å². The van der Waals surface area contributed by atoms with E-state index in [1.165, 1.54) is 5.70 Å². The van der Waals surface area contributed by atoms with Crippen LogP contribution in [0.1, 0.15) is 19.8 Å². The molecule has 0 aromatic rings. The molecule has 0 fully saturated rings. The van der Waals surface area contributed by atoms with Crippen molar-refractivity contribution in [3.63, 3.8) is 0 Å². The van der Waals surface area contributed by atoms with E-state index in [2.05, 4.69) is 30.2 Å². The van der Waals surface area contributed by atoms with Crippen LogP contribution in [0.2, 0.25) is 0 Å². The van der Waals surface area contributed by atoms with Gasteiger partial charge in [-0.25, -0.2) is 0 Å². The lowest BCUT2D eigenvalue weighted by atomic mass is 10.1. The maximum atomic E-state index is 5.71. The van der Waals surface area contributed by atoms with Crippen molar-refractivity contribution in [1.29, 1.82) is 0 Å². The third kappa shape index (κ3) is 2.70. The fourth-order valence-corrected chi connectivity index (χ4v) is 1.46. The summed E-state index contributed by atoms with van der Waals surface area (Å²) in [5, 5.41) is 0. The molecule has 0 aromatic heterocycles. The summed E-state index contributed by atoms with van der Waals surface area (Å²) >= 11 is 0. The number of nitrogens with two attached hydrogens (primary N) is 1. The SMILES string of the molecule is C[C@@H](N)CN(C)C1=CC=CCC1. The summed E-state index contributed by atoms with van der Waals surface area (Å²) < 4.78 is 0. The van der Waals surface area contributed by atoms with E-state index in [9.17, 15) is 0 Å². The van der Waals surface area contributed by atoms with Gasteiger partial charge in [0.05, 0.1) is 0 Å². The third-order valence-electron chi connectivity index (χ3n) is 2.04. The van der Waals surface area contributed by atoms with Crippen LogP contribution in [-0.2, 0) is 0 Å². The van der Waals surface area contributed by atoms with Gasteiger partial charge in [-0.2, -0.15) is 0 Å². The van der Waals surface area contributed by atoms with Crippen LogP contribution in [-0.4, -0.2) is 24.5 Å². The molecule has 68 valence electrons. The van der Waals surface area contributed by atoms with Crippen LogP contribution in [0, 0.1) is 0 Å². The minimum absolute atomic E-state index is 0.252. The Labute approximate surface area is 74.7 Å². The average Bonchev–Trinajstić information content (AvgIpc) is 2.05. The first-order valence-corrected chi connectivity index (χ1v) is 4.52. The Morgan fingerprint density at radius 2 is 2.42 bits per heavy atom. The van der Waals surface area contributed by atoms with Crippen LogP contribution in [0.15, 0.2) is 23.9 Å². The largest absolute Gasteiger partial charge is 0.376 e. The van der Waals surface area contributed by atoms with Crippen LogP contribution in [0.25, 0.3) is 0 Å². The summed E-state index contributed by atoms with van der Waals surface area (Å²) in [4.78, 5) is 2.24. The first-order chi connectivity index (χ1) is 5.70. The zero-order valence-corrected chi connectivity index (χ0v) is 7.96. The fourth-order valence-electron chi connectivity index (χ4n) is 1.46. The van der Waals surface area contributed by atoms with E-state index in [-0.39, 0.29) is 6.04 Å². The lowest BCUT2D eigenvalue weighted by Gasteiger charge is -2.25. The third-order valence-corrected chi connectivity index (χ3v) is 2.04. The highest BCUT2D eigenvalue weighted by Crippen LogP contribution is 2.14. The molecule has 0 saturated heterocycles. The molecule has 12 heavy (non-hydrogen) atoms. The van der Waals surface area contributed by atoms with Gasteiger partial charge in [0.2, 0.25) is 0 Å². The standard InChI is InChI=1S/C10H18N2/c1-9(11)8-12(2)10-6-4-3-5-7-10/h3-4,6,9H,5,7-8,11H2,1-2H3/t9-/m1/s1. The molecule has 2 N–H and O–H groups in total. The van der Waals surface area contributed by atoms with Gasteiger partial charge in [0, 0.05) is 25.3 Å². The Hall–Kier alpha value is -0.760. The maximum absolute atomic E-state index is 5.71. The quantitative estimate of drug-likeness (QED) is 0.688. The van der Waals surface area contributed by atoms with Crippen molar-refractivity contribution in [3.8, 4) is 0 Å². The van der Waals surface area contributed by atoms with Gasteiger partial charge in [-0.15, -0.1) is 0 Å². The Kier molecular flexibility index (Phi) is 3.35. The minimum Gasteiger partial charge on any atom is -0.376 e. The van der Waals surface area contributed by atoms with Crippen LogP contribution >= 0.6 is 0 Å². The van der Waals surface area contributed by atoms with E-state index in [1.54, 1.807) is 0 Å². The minimum atomic E-state index is 0.252. The molecule has 0 aliphatic heterocycles. The van der Waals surface area contributed by atoms with Gasteiger partial charge in [0.1, 0.15) is 0 Å².